The fourth-order valence-corrected chi connectivity index (χ4v) is 8.99. The lowest BCUT2D eigenvalue weighted by Gasteiger charge is -2.21. The molecule has 7 aromatic carbocycles. The number of benzene rings is 7. The van der Waals surface area contributed by atoms with Crippen LogP contribution in [0.15, 0.2) is 164 Å². The van der Waals surface area contributed by atoms with E-state index >= 15 is 0 Å². The van der Waals surface area contributed by atoms with Gasteiger partial charge in [-0.15, -0.1) is 0 Å². The fourth-order valence-electron chi connectivity index (χ4n) is 8.99. The number of aromatic nitrogens is 2. The number of pyridine rings is 2. The summed E-state index contributed by atoms with van der Waals surface area (Å²) in [4.78, 5) is 62.5. The van der Waals surface area contributed by atoms with Crippen molar-refractivity contribution in [3.8, 4) is 11.5 Å². The Morgan fingerprint density at radius 1 is 0.405 bits per heavy atom. The Balaban J connectivity index is 0.734. The van der Waals surface area contributed by atoms with Gasteiger partial charge >= 0.3 is 0 Å². The monoisotopic (exact) mass is 984 g/mol. The highest BCUT2D eigenvalue weighted by Crippen LogP contribution is 2.36. The molecule has 12 nitrogen and oxygen atoms in total. The van der Waals surface area contributed by atoms with E-state index < -0.39 is 17.2 Å². The summed E-state index contributed by atoms with van der Waals surface area (Å²) in [5.41, 5.74) is 0.853. The number of rotatable bonds is 20. The molecule has 74 heavy (non-hydrogen) atoms. The molecule has 0 radical (unpaired) electrons. The van der Waals surface area contributed by atoms with Crippen molar-refractivity contribution in [1.82, 2.24) is 9.97 Å². The molecule has 0 aliphatic carbocycles. The molecule has 0 saturated heterocycles. The van der Waals surface area contributed by atoms with Crippen LogP contribution in [0.25, 0.3) is 43.1 Å². The molecule has 0 unspecified atom stereocenters. The van der Waals surface area contributed by atoms with Gasteiger partial charge < -0.3 is 30.7 Å². The van der Waals surface area contributed by atoms with Gasteiger partial charge in [0.2, 0.25) is 11.8 Å². The van der Waals surface area contributed by atoms with E-state index in [1.165, 1.54) is 6.07 Å². The zero-order chi connectivity index (χ0) is 51.4. The minimum absolute atomic E-state index is 0.183. The van der Waals surface area contributed by atoms with E-state index in [0.29, 0.717) is 50.5 Å². The average Bonchev–Trinajstić information content (AvgIpc) is 3.39. The van der Waals surface area contributed by atoms with E-state index in [-0.39, 0.29) is 34.6 Å². The predicted molar refractivity (Wildman–Crippen MR) is 298 cm³/mol. The number of nitrogens with zero attached hydrogens (tertiary/aromatic N) is 2. The van der Waals surface area contributed by atoms with Crippen LogP contribution in [0.2, 0.25) is 0 Å². The standard InChI is InChI=1S/C62H60N6O6/c1-62(2,3)47-39-45(60(71)67-54-30-18-28-52(63-54)65-56(69)32-6-4-16-34-73-58-48-24-12-8-20-41(48)36-42-21-9-13-25-49(42)58)38-46(40-47)61(72)68-55-31-19-29-53(64-55)66-57(70)33-7-5-17-35-74-59-50-26-14-10-22-43(50)37-44-23-11-15-27-51(44)59/h8-15,18-31,36-40H,4-7,16-17,32-35H2,1-3H3,(H2,63,65,67,69,71)(H2,64,66,68,70,72). The molecular weight excluding hydrogens is 925 g/mol. The van der Waals surface area contributed by atoms with Gasteiger partial charge in [-0.05, 0) is 126 Å². The molecule has 2 aromatic heterocycles. The molecule has 0 atom stereocenters. The summed E-state index contributed by atoms with van der Waals surface area (Å²) in [5.74, 6) is 1.53. The first-order valence-electron chi connectivity index (χ1n) is 25.3. The lowest BCUT2D eigenvalue weighted by atomic mass is 9.85. The fraction of sp³-hybridized carbons (Fsp3) is 0.226. The summed E-state index contributed by atoms with van der Waals surface area (Å²) < 4.78 is 12.7. The number of carbonyl (C=O) groups is 4. The lowest BCUT2D eigenvalue weighted by Crippen LogP contribution is -2.20. The van der Waals surface area contributed by atoms with E-state index in [9.17, 15) is 19.2 Å². The Labute approximate surface area is 430 Å². The number of nitrogens with one attached hydrogen (secondary N) is 4. The number of carbonyl (C=O) groups excluding carboxylic acids is 4. The first-order chi connectivity index (χ1) is 35.9. The number of ether oxygens (including phenoxy) is 2. The second-order valence-corrected chi connectivity index (χ2v) is 19.5. The van der Waals surface area contributed by atoms with Crippen LogP contribution in [0.1, 0.15) is 98.4 Å². The summed E-state index contributed by atoms with van der Waals surface area (Å²) >= 11 is 0. The predicted octanol–water partition coefficient (Wildman–Crippen LogP) is 14.0. The second kappa shape index (κ2) is 23.3. The minimum Gasteiger partial charge on any atom is -0.492 e. The van der Waals surface area contributed by atoms with Gasteiger partial charge in [0.05, 0.1) is 13.2 Å². The van der Waals surface area contributed by atoms with Crippen molar-refractivity contribution in [1.29, 1.82) is 0 Å². The molecule has 0 bridgehead atoms. The van der Waals surface area contributed by atoms with Crippen molar-refractivity contribution in [2.75, 3.05) is 34.5 Å². The van der Waals surface area contributed by atoms with Gasteiger partial charge in [-0.25, -0.2) is 9.97 Å². The number of amides is 4. The highest BCUT2D eigenvalue weighted by Gasteiger charge is 2.21. The Kier molecular flexibility index (Phi) is 15.8. The molecule has 0 spiro atoms. The molecule has 2 heterocycles. The molecule has 4 N–H and O–H groups in total. The van der Waals surface area contributed by atoms with E-state index in [1.807, 2.05) is 69.3 Å². The second-order valence-electron chi connectivity index (χ2n) is 19.5. The molecule has 0 fully saturated rings. The first kappa shape index (κ1) is 50.3. The third-order valence-corrected chi connectivity index (χ3v) is 12.9. The van der Waals surface area contributed by atoms with Crippen molar-refractivity contribution in [3.05, 3.63) is 180 Å². The summed E-state index contributed by atoms with van der Waals surface area (Å²) in [7, 11) is 0. The summed E-state index contributed by atoms with van der Waals surface area (Å²) in [6.45, 7) is 7.06. The van der Waals surface area contributed by atoms with Crippen molar-refractivity contribution in [2.45, 2.75) is 77.6 Å². The molecule has 9 aromatic rings. The van der Waals surface area contributed by atoms with Gasteiger partial charge in [-0.3, -0.25) is 19.2 Å². The van der Waals surface area contributed by atoms with Crippen molar-refractivity contribution < 1.29 is 28.7 Å². The maximum Gasteiger partial charge on any atom is 0.256 e. The molecule has 0 aliphatic rings. The van der Waals surface area contributed by atoms with Crippen LogP contribution < -0.4 is 30.7 Å². The number of hydrogen-bond acceptors (Lipinski definition) is 8. The van der Waals surface area contributed by atoms with Gasteiger partial charge in [0.15, 0.2) is 0 Å². The zero-order valence-corrected chi connectivity index (χ0v) is 42.0. The molecular formula is C62H60N6O6. The van der Waals surface area contributed by atoms with Gasteiger partial charge in [0.1, 0.15) is 34.8 Å². The smallest absolute Gasteiger partial charge is 0.256 e. The van der Waals surface area contributed by atoms with Crippen LogP contribution in [-0.4, -0.2) is 46.8 Å². The molecule has 4 amide bonds. The third kappa shape index (κ3) is 12.7. The number of hydrogen-bond donors (Lipinski definition) is 4. The van der Waals surface area contributed by atoms with Crippen LogP contribution in [-0.2, 0) is 15.0 Å². The van der Waals surface area contributed by atoms with Gasteiger partial charge in [0.25, 0.3) is 11.8 Å². The Morgan fingerprint density at radius 3 is 1.12 bits per heavy atom. The Morgan fingerprint density at radius 2 is 0.757 bits per heavy atom. The largest absolute Gasteiger partial charge is 0.492 e. The molecule has 0 aliphatic heterocycles. The lowest BCUT2D eigenvalue weighted by molar-refractivity contribution is -0.117. The number of anilines is 4. The van der Waals surface area contributed by atoms with Crippen LogP contribution in [0.5, 0.6) is 11.5 Å². The SMILES string of the molecule is CC(C)(C)c1cc(C(=O)Nc2cccc(NC(=O)CCCCCOc3c4ccccc4cc4ccccc34)n2)cc(C(=O)Nc2cccc(NC(=O)CCCCCOc3c4ccccc4cc4ccccc34)n2)c1. The Bertz CT molecular complexity index is 3180. The van der Waals surface area contributed by atoms with E-state index in [1.54, 1.807) is 48.5 Å². The van der Waals surface area contributed by atoms with Crippen LogP contribution in [0, 0.1) is 0 Å². The van der Waals surface area contributed by atoms with Crippen LogP contribution >= 0.6 is 0 Å². The molecule has 374 valence electrons. The van der Waals surface area contributed by atoms with Gasteiger partial charge in [-0.2, -0.15) is 0 Å². The third-order valence-electron chi connectivity index (χ3n) is 12.9. The summed E-state index contributed by atoms with van der Waals surface area (Å²) in [5, 5.41) is 20.2. The van der Waals surface area contributed by atoms with Gasteiger partial charge in [0, 0.05) is 45.5 Å². The normalized spacial score (nSPS) is 11.4. The maximum absolute atomic E-state index is 13.8. The Hall–Kier alpha value is -8.64. The zero-order valence-electron chi connectivity index (χ0n) is 42.0. The summed E-state index contributed by atoms with van der Waals surface area (Å²) in [6.07, 6.45) is 5.14. The molecule has 0 saturated carbocycles. The topological polar surface area (TPSA) is 161 Å². The molecule has 12 heteroatoms. The minimum atomic E-state index is -0.478. The van der Waals surface area contributed by atoms with Crippen molar-refractivity contribution in [2.24, 2.45) is 0 Å². The van der Waals surface area contributed by atoms with E-state index in [2.05, 4.69) is 91.9 Å². The van der Waals surface area contributed by atoms with Gasteiger partial charge in [-0.1, -0.05) is 130 Å². The summed E-state index contributed by atoms with van der Waals surface area (Å²) in [6, 6.07) is 52.3. The van der Waals surface area contributed by atoms with Crippen molar-refractivity contribution >= 4 is 90.0 Å². The molecule has 9 rings (SSSR count). The maximum atomic E-state index is 13.8. The highest BCUT2D eigenvalue weighted by molar-refractivity contribution is 6.09. The van der Waals surface area contributed by atoms with E-state index in [4.69, 9.17) is 9.47 Å². The van der Waals surface area contributed by atoms with Crippen molar-refractivity contribution in [3.63, 3.8) is 0 Å². The number of unbranched alkanes of at least 4 members (excludes halogenated alkanes) is 4. The van der Waals surface area contributed by atoms with E-state index in [0.717, 1.165) is 85.8 Å². The average molecular weight is 985 g/mol. The quantitative estimate of drug-likeness (QED) is 0.0434. The highest BCUT2D eigenvalue weighted by atomic mass is 16.5. The van der Waals surface area contributed by atoms with Crippen LogP contribution in [0.4, 0.5) is 23.3 Å². The first-order valence-corrected chi connectivity index (χ1v) is 25.3. The number of fused-ring (bicyclic) bond motifs is 4. The van der Waals surface area contributed by atoms with Crippen LogP contribution in [0.3, 0.4) is 0 Å².